The third-order valence-electron chi connectivity index (χ3n) is 2.62. The van der Waals surface area contributed by atoms with Crippen LogP contribution in [0.3, 0.4) is 0 Å². The van der Waals surface area contributed by atoms with Crippen LogP contribution in [0.15, 0.2) is 45.6 Å². The number of aromatic nitrogens is 1. The molecule has 0 radical (unpaired) electrons. The van der Waals surface area contributed by atoms with E-state index in [1.165, 1.54) is 0 Å². The molecule has 2 aromatic rings. The lowest BCUT2D eigenvalue weighted by atomic mass is 10.1. The number of ketones is 1. The van der Waals surface area contributed by atoms with Crippen LogP contribution >= 0.6 is 31.9 Å². The van der Waals surface area contributed by atoms with Crippen molar-refractivity contribution in [1.29, 1.82) is 0 Å². The molecular weight excluding hydrogens is 386 g/mol. The molecule has 0 bridgehead atoms. The van der Waals surface area contributed by atoms with Crippen LogP contribution in [0.5, 0.6) is 5.75 Å². The molecule has 1 aromatic heterocycles. The molecule has 0 atom stereocenters. The van der Waals surface area contributed by atoms with Crippen molar-refractivity contribution in [3.8, 4) is 5.75 Å². The first kappa shape index (κ1) is 15.2. The van der Waals surface area contributed by atoms with E-state index in [1.807, 2.05) is 19.1 Å². The SMILES string of the molecule is CCCOc1cncc(C(=O)c2ccc(Br)cc2Br)c1. The number of halogens is 2. The summed E-state index contributed by atoms with van der Waals surface area (Å²) in [7, 11) is 0. The summed E-state index contributed by atoms with van der Waals surface area (Å²) in [4.78, 5) is 16.5. The second-order valence-corrected chi connectivity index (χ2v) is 5.98. The molecule has 1 aromatic carbocycles. The Morgan fingerprint density at radius 1 is 1.25 bits per heavy atom. The van der Waals surface area contributed by atoms with E-state index < -0.39 is 0 Å². The van der Waals surface area contributed by atoms with Crippen molar-refractivity contribution in [3.63, 3.8) is 0 Å². The molecule has 2 rings (SSSR count). The average molecular weight is 399 g/mol. The van der Waals surface area contributed by atoms with Gasteiger partial charge in [0, 0.05) is 26.3 Å². The molecule has 0 aliphatic heterocycles. The lowest BCUT2D eigenvalue weighted by Crippen LogP contribution is -2.04. The van der Waals surface area contributed by atoms with Crippen LogP contribution in [0, 0.1) is 0 Å². The van der Waals surface area contributed by atoms with Gasteiger partial charge in [-0.2, -0.15) is 0 Å². The predicted molar refractivity (Wildman–Crippen MR) is 85.3 cm³/mol. The number of nitrogens with zero attached hydrogens (tertiary/aromatic N) is 1. The Labute approximate surface area is 134 Å². The van der Waals surface area contributed by atoms with E-state index in [1.54, 1.807) is 24.5 Å². The summed E-state index contributed by atoms with van der Waals surface area (Å²) < 4.78 is 7.16. The topological polar surface area (TPSA) is 39.2 Å². The number of pyridine rings is 1. The van der Waals surface area contributed by atoms with Gasteiger partial charge in [0.15, 0.2) is 5.78 Å². The highest BCUT2D eigenvalue weighted by Crippen LogP contribution is 2.25. The van der Waals surface area contributed by atoms with Gasteiger partial charge in [0.05, 0.1) is 12.8 Å². The van der Waals surface area contributed by atoms with Crippen molar-refractivity contribution in [2.45, 2.75) is 13.3 Å². The summed E-state index contributed by atoms with van der Waals surface area (Å²) in [5, 5.41) is 0. The molecule has 0 aliphatic rings. The molecule has 0 fully saturated rings. The predicted octanol–water partition coefficient (Wildman–Crippen LogP) is 4.63. The molecule has 0 unspecified atom stereocenters. The van der Waals surface area contributed by atoms with Crippen LogP contribution in [0.2, 0.25) is 0 Å². The Kier molecular flexibility index (Phi) is 5.31. The normalized spacial score (nSPS) is 10.3. The molecule has 3 nitrogen and oxygen atoms in total. The second-order valence-electron chi connectivity index (χ2n) is 4.21. The summed E-state index contributed by atoms with van der Waals surface area (Å²) in [6.07, 6.45) is 4.08. The Hall–Kier alpha value is -1.20. The van der Waals surface area contributed by atoms with Crippen LogP contribution in [-0.2, 0) is 0 Å². The van der Waals surface area contributed by atoms with Gasteiger partial charge in [-0.15, -0.1) is 0 Å². The van der Waals surface area contributed by atoms with E-state index in [0.29, 0.717) is 23.5 Å². The molecule has 0 N–H and O–H groups in total. The smallest absolute Gasteiger partial charge is 0.195 e. The van der Waals surface area contributed by atoms with Gasteiger partial charge >= 0.3 is 0 Å². The second kappa shape index (κ2) is 6.99. The third kappa shape index (κ3) is 3.67. The standard InChI is InChI=1S/C15H13Br2NO2/c1-2-5-20-12-6-10(8-18-9-12)15(19)13-4-3-11(16)7-14(13)17/h3-4,6-9H,2,5H2,1H3. The fraction of sp³-hybridized carbons (Fsp3) is 0.200. The summed E-state index contributed by atoms with van der Waals surface area (Å²) >= 11 is 6.77. The molecule has 104 valence electrons. The minimum atomic E-state index is -0.0844. The van der Waals surface area contributed by atoms with Crippen LogP contribution in [0.25, 0.3) is 0 Å². The van der Waals surface area contributed by atoms with E-state index in [-0.39, 0.29) is 5.78 Å². The maximum atomic E-state index is 12.5. The van der Waals surface area contributed by atoms with Gasteiger partial charge in [-0.3, -0.25) is 9.78 Å². The van der Waals surface area contributed by atoms with Gasteiger partial charge in [-0.05, 0) is 46.6 Å². The Morgan fingerprint density at radius 3 is 2.75 bits per heavy atom. The van der Waals surface area contributed by atoms with Crippen LogP contribution in [0.4, 0.5) is 0 Å². The van der Waals surface area contributed by atoms with Crippen LogP contribution < -0.4 is 4.74 Å². The van der Waals surface area contributed by atoms with Gasteiger partial charge in [0.1, 0.15) is 5.75 Å². The largest absolute Gasteiger partial charge is 0.492 e. The maximum Gasteiger partial charge on any atom is 0.195 e. The van der Waals surface area contributed by atoms with Gasteiger partial charge in [-0.25, -0.2) is 0 Å². The minimum Gasteiger partial charge on any atom is -0.492 e. The van der Waals surface area contributed by atoms with Crippen molar-refractivity contribution in [2.24, 2.45) is 0 Å². The Bertz CT molecular complexity index is 629. The van der Waals surface area contributed by atoms with E-state index >= 15 is 0 Å². The highest BCUT2D eigenvalue weighted by atomic mass is 79.9. The molecule has 0 aliphatic carbocycles. The maximum absolute atomic E-state index is 12.5. The summed E-state index contributed by atoms with van der Waals surface area (Å²) in [5.74, 6) is 0.532. The van der Waals surface area contributed by atoms with Crippen molar-refractivity contribution in [3.05, 3.63) is 56.7 Å². The van der Waals surface area contributed by atoms with E-state index in [2.05, 4.69) is 36.8 Å². The number of rotatable bonds is 5. The molecule has 0 amide bonds. The third-order valence-corrected chi connectivity index (χ3v) is 3.77. The van der Waals surface area contributed by atoms with E-state index in [9.17, 15) is 4.79 Å². The van der Waals surface area contributed by atoms with Crippen LogP contribution in [-0.4, -0.2) is 17.4 Å². The quantitative estimate of drug-likeness (QED) is 0.689. The van der Waals surface area contributed by atoms with Crippen LogP contribution in [0.1, 0.15) is 29.3 Å². The molecule has 0 saturated heterocycles. The first-order chi connectivity index (χ1) is 9.61. The first-order valence-corrected chi connectivity index (χ1v) is 7.78. The Balaban J connectivity index is 2.28. The van der Waals surface area contributed by atoms with Crippen molar-refractivity contribution in [2.75, 3.05) is 6.61 Å². The zero-order valence-electron chi connectivity index (χ0n) is 10.9. The summed E-state index contributed by atoms with van der Waals surface area (Å²) in [6, 6.07) is 7.18. The highest BCUT2D eigenvalue weighted by Gasteiger charge is 2.14. The Morgan fingerprint density at radius 2 is 2.05 bits per heavy atom. The van der Waals surface area contributed by atoms with Crippen molar-refractivity contribution in [1.82, 2.24) is 4.98 Å². The fourth-order valence-electron chi connectivity index (χ4n) is 1.67. The summed E-state index contributed by atoms with van der Waals surface area (Å²) in [5.41, 5.74) is 1.12. The fourth-order valence-corrected chi connectivity index (χ4v) is 2.90. The number of hydrogen-bond acceptors (Lipinski definition) is 3. The molecule has 20 heavy (non-hydrogen) atoms. The molecule has 5 heteroatoms. The molecule has 1 heterocycles. The zero-order valence-corrected chi connectivity index (χ0v) is 14.1. The van der Waals surface area contributed by atoms with Crippen molar-refractivity contribution >= 4 is 37.6 Å². The van der Waals surface area contributed by atoms with E-state index in [4.69, 9.17) is 4.74 Å². The lowest BCUT2D eigenvalue weighted by Gasteiger charge is -2.07. The number of ether oxygens (including phenoxy) is 1. The average Bonchev–Trinajstić information content (AvgIpc) is 2.45. The summed E-state index contributed by atoms with van der Waals surface area (Å²) in [6.45, 7) is 2.64. The number of carbonyl (C=O) groups excluding carboxylic acids is 1. The number of carbonyl (C=O) groups is 1. The molecular formula is C15H13Br2NO2. The van der Waals surface area contributed by atoms with Gasteiger partial charge in [-0.1, -0.05) is 22.9 Å². The highest BCUT2D eigenvalue weighted by molar-refractivity contribution is 9.11. The number of hydrogen-bond donors (Lipinski definition) is 0. The van der Waals surface area contributed by atoms with Crippen molar-refractivity contribution < 1.29 is 9.53 Å². The van der Waals surface area contributed by atoms with Gasteiger partial charge in [0.25, 0.3) is 0 Å². The molecule has 0 saturated carbocycles. The minimum absolute atomic E-state index is 0.0844. The van der Waals surface area contributed by atoms with Gasteiger partial charge in [0.2, 0.25) is 0 Å². The van der Waals surface area contributed by atoms with E-state index in [0.717, 1.165) is 15.4 Å². The monoisotopic (exact) mass is 397 g/mol. The van der Waals surface area contributed by atoms with Gasteiger partial charge < -0.3 is 4.74 Å². The zero-order chi connectivity index (χ0) is 14.5. The number of benzene rings is 1. The first-order valence-electron chi connectivity index (χ1n) is 6.19. The lowest BCUT2D eigenvalue weighted by molar-refractivity contribution is 0.103. The molecule has 0 spiro atoms.